The number of thioether (sulfide) groups is 1. The van der Waals surface area contributed by atoms with Gasteiger partial charge >= 0.3 is 0 Å². The van der Waals surface area contributed by atoms with Crippen molar-refractivity contribution in [3.8, 4) is 17.2 Å². The number of ketones is 2. The Labute approximate surface area is 291 Å². The Kier molecular flexibility index (Phi) is 10.2. The smallest absolute Gasteiger partial charge is 0.248 e. The Balaban J connectivity index is 1.48. The molecule has 2 aliphatic rings. The second kappa shape index (κ2) is 14.2. The lowest BCUT2D eigenvalue weighted by molar-refractivity contribution is -0.124. The fourth-order valence-corrected chi connectivity index (χ4v) is 6.79. The van der Waals surface area contributed by atoms with E-state index in [9.17, 15) is 29.1 Å². The summed E-state index contributed by atoms with van der Waals surface area (Å²) in [6.45, 7) is 1.20. The molecule has 1 heterocycles. The molecule has 3 aromatic rings. The molecule has 0 saturated heterocycles. The zero-order valence-corrected chi connectivity index (χ0v) is 28.6. The lowest BCUT2D eigenvalue weighted by atomic mass is 9.69. The molecule has 12 nitrogen and oxygen atoms in total. The Morgan fingerprint density at radius 3 is 2.31 bits per heavy atom. The number of anilines is 1. The van der Waals surface area contributed by atoms with Gasteiger partial charge in [-0.15, -0.1) is 11.8 Å². The number of allylic oxidation sites excluding steroid dienone is 1. The number of aliphatic hydroxyl groups excluding tert-OH is 1. The highest BCUT2D eigenvalue weighted by atomic mass is 35.5. The highest BCUT2D eigenvalue weighted by Crippen LogP contribution is 2.55. The predicted molar refractivity (Wildman–Crippen MR) is 183 cm³/mol. The summed E-state index contributed by atoms with van der Waals surface area (Å²) in [5, 5.41) is 17.2. The normalized spacial score (nSPS) is 18.8. The molecule has 3 unspecified atom stereocenters. The molecule has 0 saturated carbocycles. The van der Waals surface area contributed by atoms with Crippen molar-refractivity contribution in [1.82, 2.24) is 5.32 Å². The van der Waals surface area contributed by atoms with Crippen LogP contribution in [0.15, 0.2) is 70.8 Å². The van der Waals surface area contributed by atoms with Crippen LogP contribution < -0.4 is 30.6 Å². The molecule has 49 heavy (non-hydrogen) atoms. The minimum atomic E-state index is -2.03. The number of amides is 3. The van der Waals surface area contributed by atoms with Crippen LogP contribution in [0.5, 0.6) is 17.2 Å². The van der Waals surface area contributed by atoms with E-state index in [-0.39, 0.29) is 51.8 Å². The second-order valence-corrected chi connectivity index (χ2v) is 12.8. The van der Waals surface area contributed by atoms with Gasteiger partial charge in [-0.1, -0.05) is 30.7 Å². The van der Waals surface area contributed by atoms with Crippen LogP contribution in [0.4, 0.5) is 5.69 Å². The molecular formula is C35H34ClN3O9S. The molecular weight excluding hydrogens is 674 g/mol. The van der Waals surface area contributed by atoms with Gasteiger partial charge in [0.25, 0.3) is 0 Å². The van der Waals surface area contributed by atoms with Gasteiger partial charge in [-0.05, 0) is 48.2 Å². The summed E-state index contributed by atoms with van der Waals surface area (Å²) >= 11 is 8.07. The number of rotatable bonds is 11. The molecule has 3 aromatic carbocycles. The Morgan fingerprint density at radius 2 is 1.71 bits per heavy atom. The monoisotopic (exact) mass is 707 g/mol. The predicted octanol–water partition coefficient (Wildman–Crippen LogP) is 4.84. The Bertz CT molecular complexity index is 1880. The highest BCUT2D eigenvalue weighted by molar-refractivity contribution is 7.98. The lowest BCUT2D eigenvalue weighted by Crippen LogP contribution is -2.53. The molecule has 5 rings (SSSR count). The number of hydrogen-bond acceptors (Lipinski definition) is 10. The quantitative estimate of drug-likeness (QED) is 0.201. The van der Waals surface area contributed by atoms with Crippen molar-refractivity contribution in [3.63, 3.8) is 0 Å². The number of halogens is 1. The molecule has 14 heteroatoms. The Morgan fingerprint density at radius 1 is 1.06 bits per heavy atom. The van der Waals surface area contributed by atoms with E-state index in [0.29, 0.717) is 11.3 Å². The number of methoxy groups -OCH3 is 2. The first-order chi connectivity index (χ1) is 23.4. The molecule has 1 aliphatic carbocycles. The molecule has 0 bridgehead atoms. The maximum atomic E-state index is 14.3. The van der Waals surface area contributed by atoms with Gasteiger partial charge in [-0.3, -0.25) is 24.0 Å². The summed E-state index contributed by atoms with van der Waals surface area (Å²) in [6, 6.07) is 14.4. The number of aliphatic hydroxyl groups is 1. The molecule has 5 N–H and O–H groups in total. The molecule has 1 spiro atoms. The third-order valence-electron chi connectivity index (χ3n) is 8.67. The first kappa shape index (κ1) is 35.3. The number of hydrogen-bond donors (Lipinski definition) is 4. The molecule has 0 aromatic heterocycles. The summed E-state index contributed by atoms with van der Waals surface area (Å²) in [4.78, 5) is 66.3. The lowest BCUT2D eigenvalue weighted by Gasteiger charge is -2.38. The van der Waals surface area contributed by atoms with E-state index < -0.39 is 59.0 Å². The van der Waals surface area contributed by atoms with Gasteiger partial charge in [-0.25, -0.2) is 0 Å². The Hall–Kier alpha value is -5.01. The van der Waals surface area contributed by atoms with Gasteiger partial charge in [0.05, 0.1) is 20.8 Å². The van der Waals surface area contributed by atoms with E-state index in [1.54, 1.807) is 19.1 Å². The van der Waals surface area contributed by atoms with Crippen molar-refractivity contribution in [2.75, 3.05) is 32.3 Å². The van der Waals surface area contributed by atoms with Crippen LogP contribution in [0.2, 0.25) is 5.02 Å². The molecule has 3 atom stereocenters. The SMILES string of the molecule is COc1cc(OC)c2c(c1Cl)OC1(C2=O)C(O)=C(C(CC(=O)NCC(=O)Nc2ccc(C(N)=O)cc2)c2ccc(SC)cc2)C(=O)CC1C. The number of ether oxygens (including phenoxy) is 3. The number of Topliss-reactive ketones (excluding diaryl/α,β-unsaturated/α-hetero) is 2. The van der Waals surface area contributed by atoms with Crippen LogP contribution >= 0.6 is 23.4 Å². The fourth-order valence-electron chi connectivity index (χ4n) is 6.12. The summed E-state index contributed by atoms with van der Waals surface area (Å²) in [5.41, 5.74) is 4.23. The van der Waals surface area contributed by atoms with Crippen LogP contribution in [0, 0.1) is 5.92 Å². The summed E-state index contributed by atoms with van der Waals surface area (Å²) in [6.07, 6.45) is 1.36. The van der Waals surface area contributed by atoms with E-state index in [0.717, 1.165) is 4.90 Å². The number of carbonyl (C=O) groups is 5. The number of nitrogens with two attached hydrogens (primary N) is 1. The van der Waals surface area contributed by atoms with Crippen molar-refractivity contribution >= 4 is 58.3 Å². The summed E-state index contributed by atoms with van der Waals surface area (Å²) in [5.74, 6) is -5.12. The molecule has 256 valence electrons. The zero-order chi connectivity index (χ0) is 35.6. The first-order valence-electron chi connectivity index (χ1n) is 15.1. The van der Waals surface area contributed by atoms with Crippen LogP contribution in [0.3, 0.4) is 0 Å². The minimum Gasteiger partial charge on any atom is -0.507 e. The first-order valence-corrected chi connectivity index (χ1v) is 16.7. The molecule has 1 aliphatic heterocycles. The number of benzene rings is 3. The second-order valence-electron chi connectivity index (χ2n) is 11.6. The number of carbonyl (C=O) groups excluding carboxylic acids is 5. The minimum absolute atomic E-state index is 0.00528. The topological polar surface area (TPSA) is 183 Å². The number of fused-ring (bicyclic) bond motifs is 1. The maximum Gasteiger partial charge on any atom is 0.248 e. The summed E-state index contributed by atoms with van der Waals surface area (Å²) in [7, 11) is 2.75. The summed E-state index contributed by atoms with van der Waals surface area (Å²) < 4.78 is 17.1. The van der Waals surface area contributed by atoms with Gasteiger partial charge in [0.15, 0.2) is 17.3 Å². The van der Waals surface area contributed by atoms with Gasteiger partial charge in [-0.2, -0.15) is 0 Å². The van der Waals surface area contributed by atoms with Crippen LogP contribution in [0.1, 0.15) is 52.0 Å². The van der Waals surface area contributed by atoms with Gasteiger partial charge < -0.3 is 35.7 Å². The van der Waals surface area contributed by atoms with E-state index in [1.807, 2.05) is 18.4 Å². The van der Waals surface area contributed by atoms with Crippen molar-refractivity contribution < 1.29 is 43.3 Å². The van der Waals surface area contributed by atoms with Gasteiger partial charge in [0.1, 0.15) is 22.1 Å². The van der Waals surface area contributed by atoms with Crippen molar-refractivity contribution in [2.45, 2.75) is 36.2 Å². The molecule has 0 fully saturated rings. The largest absolute Gasteiger partial charge is 0.507 e. The van der Waals surface area contributed by atoms with Crippen molar-refractivity contribution in [2.24, 2.45) is 11.7 Å². The third-order valence-corrected chi connectivity index (χ3v) is 9.77. The van der Waals surface area contributed by atoms with Crippen LogP contribution in [-0.4, -0.2) is 67.0 Å². The van der Waals surface area contributed by atoms with Crippen molar-refractivity contribution in [3.05, 3.63) is 87.6 Å². The van der Waals surface area contributed by atoms with Crippen LogP contribution in [0.25, 0.3) is 0 Å². The van der Waals surface area contributed by atoms with Crippen molar-refractivity contribution in [1.29, 1.82) is 0 Å². The van der Waals surface area contributed by atoms with E-state index in [1.165, 1.54) is 56.3 Å². The van der Waals surface area contributed by atoms with Gasteiger partial charge in [0, 0.05) is 52.5 Å². The van der Waals surface area contributed by atoms with E-state index >= 15 is 0 Å². The van der Waals surface area contributed by atoms with Gasteiger partial charge in [0.2, 0.25) is 29.1 Å². The zero-order valence-electron chi connectivity index (χ0n) is 27.0. The molecule has 0 radical (unpaired) electrons. The fraction of sp³-hybridized carbons (Fsp3) is 0.286. The number of primary amides is 1. The number of nitrogens with one attached hydrogen (secondary N) is 2. The maximum absolute atomic E-state index is 14.3. The van der Waals surface area contributed by atoms with E-state index in [2.05, 4.69) is 10.6 Å². The highest BCUT2D eigenvalue weighted by Gasteiger charge is 2.61. The average Bonchev–Trinajstić information content (AvgIpc) is 3.41. The standard InChI is InChI=1S/C35H34ClN3O9S/c1-17-13-23(40)28(32(43)35(17)33(44)29-24(46-2)15-25(47-3)30(36)31(29)48-35)22(18-7-11-21(49-4)12-8-18)14-26(41)38-16-27(42)39-20-9-5-19(6-10-20)34(37)45/h5-12,15,17,22,43H,13-14,16H2,1-4H3,(H2,37,45)(H,38,41)(H,39,42). The molecule has 3 amide bonds. The third kappa shape index (κ3) is 6.55. The average molecular weight is 708 g/mol. The van der Waals surface area contributed by atoms with E-state index in [4.69, 9.17) is 31.5 Å². The van der Waals surface area contributed by atoms with Crippen LogP contribution in [-0.2, 0) is 14.4 Å².